The summed E-state index contributed by atoms with van der Waals surface area (Å²) in [5.74, 6) is 0.694. The Hall–Kier alpha value is -1.68. The van der Waals surface area contributed by atoms with E-state index in [0.717, 1.165) is 73.8 Å². The molecule has 1 fully saturated rings. The van der Waals surface area contributed by atoms with Gasteiger partial charge in [-0.15, -0.1) is 0 Å². The molecular formula is C26H37O5P. The van der Waals surface area contributed by atoms with Gasteiger partial charge in [0.05, 0.1) is 7.11 Å². The smallest absolute Gasteiger partial charge is 0.364 e. The van der Waals surface area contributed by atoms with Gasteiger partial charge in [-0.25, -0.2) is 0 Å². The number of carbonyl (C=O) groups excluding carboxylic acids is 1. The molecule has 0 bridgehead atoms. The Kier molecular flexibility index (Phi) is 7.85. The van der Waals surface area contributed by atoms with Crippen LogP contribution in [0.25, 0.3) is 6.08 Å². The van der Waals surface area contributed by atoms with E-state index in [2.05, 4.69) is 26.8 Å². The highest BCUT2D eigenvalue weighted by atomic mass is 31.2. The summed E-state index contributed by atoms with van der Waals surface area (Å²) in [5, 5.41) is 0.217. The molecule has 0 aromatic heterocycles. The van der Waals surface area contributed by atoms with Gasteiger partial charge in [0.2, 0.25) is 0 Å². The molecule has 1 saturated carbocycles. The van der Waals surface area contributed by atoms with E-state index in [0.29, 0.717) is 0 Å². The lowest BCUT2D eigenvalue weighted by atomic mass is 9.78. The number of methoxy groups -OCH3 is 1. The Balaban J connectivity index is 2.09. The molecule has 0 radical (unpaired) electrons. The van der Waals surface area contributed by atoms with Crippen LogP contribution in [0.1, 0.15) is 81.5 Å². The minimum atomic E-state index is -3.63. The van der Waals surface area contributed by atoms with Crippen LogP contribution in [0.2, 0.25) is 0 Å². The zero-order valence-corrected chi connectivity index (χ0v) is 21.3. The van der Waals surface area contributed by atoms with Gasteiger partial charge in [0.1, 0.15) is 11.1 Å². The average molecular weight is 461 g/mol. The van der Waals surface area contributed by atoms with Crippen molar-refractivity contribution >= 4 is 19.5 Å². The number of hydrogen-bond donors (Lipinski definition) is 0. The Bertz CT molecular complexity index is 965. The first-order valence-electron chi connectivity index (χ1n) is 11.6. The molecule has 0 amide bonds. The van der Waals surface area contributed by atoms with Crippen LogP contribution in [-0.4, -0.2) is 27.1 Å². The molecule has 1 aromatic carbocycles. The molecule has 0 saturated heterocycles. The SMILES string of the molecule is COc1c(C(C)(C)C)cc(C=CC(=O)C(=C2CCCC2)P(=O)(OC)OC)c2c1CCCC2. The normalized spacial score (nSPS) is 17.0. The van der Waals surface area contributed by atoms with Crippen molar-refractivity contribution in [2.45, 2.75) is 77.6 Å². The van der Waals surface area contributed by atoms with Crippen LogP contribution in [0, 0.1) is 0 Å². The molecule has 0 unspecified atom stereocenters. The van der Waals surface area contributed by atoms with Gasteiger partial charge in [-0.05, 0) is 85.6 Å². The van der Waals surface area contributed by atoms with Gasteiger partial charge in [0, 0.05) is 19.8 Å². The highest BCUT2D eigenvalue weighted by Gasteiger charge is 2.36. The van der Waals surface area contributed by atoms with E-state index in [9.17, 15) is 9.36 Å². The fraction of sp³-hybridized carbons (Fsp3) is 0.577. The Morgan fingerprint density at radius 3 is 2.03 bits per heavy atom. The Labute approximate surface area is 192 Å². The highest BCUT2D eigenvalue weighted by molar-refractivity contribution is 7.60. The molecule has 2 aliphatic carbocycles. The molecule has 0 heterocycles. The van der Waals surface area contributed by atoms with Gasteiger partial charge in [-0.1, -0.05) is 32.4 Å². The molecule has 0 N–H and O–H groups in total. The zero-order valence-electron chi connectivity index (χ0n) is 20.4. The van der Waals surface area contributed by atoms with Gasteiger partial charge in [0.25, 0.3) is 0 Å². The van der Waals surface area contributed by atoms with Crippen molar-refractivity contribution in [3.63, 3.8) is 0 Å². The lowest BCUT2D eigenvalue weighted by Gasteiger charge is -2.29. The first-order valence-corrected chi connectivity index (χ1v) is 13.1. The molecule has 176 valence electrons. The monoisotopic (exact) mass is 460 g/mol. The number of ketones is 1. The summed E-state index contributed by atoms with van der Waals surface area (Å²) < 4.78 is 29.5. The van der Waals surface area contributed by atoms with Gasteiger partial charge >= 0.3 is 7.60 Å². The average Bonchev–Trinajstić information content (AvgIpc) is 3.30. The molecule has 5 nitrogen and oxygen atoms in total. The maximum Gasteiger partial charge on any atom is 0.364 e. The van der Waals surface area contributed by atoms with Crippen LogP contribution in [0.15, 0.2) is 23.0 Å². The molecule has 3 rings (SSSR count). The van der Waals surface area contributed by atoms with Gasteiger partial charge < -0.3 is 13.8 Å². The van der Waals surface area contributed by atoms with Crippen LogP contribution >= 0.6 is 7.60 Å². The third-order valence-corrected chi connectivity index (χ3v) is 8.64. The number of rotatable bonds is 7. The summed E-state index contributed by atoms with van der Waals surface area (Å²) in [4.78, 5) is 13.3. The number of allylic oxidation sites excluding steroid dienone is 3. The van der Waals surface area contributed by atoms with Crippen molar-refractivity contribution in [3.05, 3.63) is 45.3 Å². The third-order valence-electron chi connectivity index (χ3n) is 6.59. The van der Waals surface area contributed by atoms with E-state index in [-0.39, 0.29) is 16.5 Å². The van der Waals surface area contributed by atoms with Crippen LogP contribution in [0.4, 0.5) is 0 Å². The number of carbonyl (C=O) groups is 1. The molecule has 0 spiro atoms. The maximum atomic E-state index is 13.3. The van der Waals surface area contributed by atoms with Crippen molar-refractivity contribution in [2.75, 3.05) is 21.3 Å². The fourth-order valence-corrected chi connectivity index (χ4v) is 6.40. The van der Waals surface area contributed by atoms with Crippen LogP contribution in [0.3, 0.4) is 0 Å². The molecule has 0 atom stereocenters. The van der Waals surface area contributed by atoms with Crippen molar-refractivity contribution in [1.82, 2.24) is 0 Å². The van der Waals surface area contributed by atoms with Crippen molar-refractivity contribution < 1.29 is 23.1 Å². The summed E-state index contributed by atoms with van der Waals surface area (Å²) in [7, 11) is 0.790. The summed E-state index contributed by atoms with van der Waals surface area (Å²) in [6.45, 7) is 6.53. The largest absolute Gasteiger partial charge is 0.496 e. The van der Waals surface area contributed by atoms with Crippen molar-refractivity contribution in [2.24, 2.45) is 0 Å². The molecule has 1 aromatic rings. The number of hydrogen-bond acceptors (Lipinski definition) is 5. The highest BCUT2D eigenvalue weighted by Crippen LogP contribution is 2.58. The van der Waals surface area contributed by atoms with E-state index in [1.54, 1.807) is 13.2 Å². The van der Waals surface area contributed by atoms with Crippen molar-refractivity contribution in [3.8, 4) is 5.75 Å². The lowest BCUT2D eigenvalue weighted by molar-refractivity contribution is -0.110. The van der Waals surface area contributed by atoms with Gasteiger partial charge in [-0.3, -0.25) is 9.36 Å². The van der Waals surface area contributed by atoms with Gasteiger partial charge in [0.15, 0.2) is 5.78 Å². The number of ether oxygens (including phenoxy) is 1. The number of benzene rings is 1. The standard InChI is InChI=1S/C26H37O5P/c1-26(2,3)22-17-19(20-13-9-10-14-21(20)24(22)29-4)15-16-23(27)25(18-11-7-8-12-18)32(28,30-5)31-6/h15-17H,7-14H2,1-6H3. The predicted molar refractivity (Wildman–Crippen MR) is 129 cm³/mol. The molecular weight excluding hydrogens is 423 g/mol. The molecule has 0 aliphatic heterocycles. The molecule has 2 aliphatic rings. The second-order valence-electron chi connectivity index (χ2n) is 9.68. The minimum absolute atomic E-state index is 0.0940. The molecule has 32 heavy (non-hydrogen) atoms. The van der Waals surface area contributed by atoms with Crippen LogP contribution in [0.5, 0.6) is 5.75 Å². The topological polar surface area (TPSA) is 61.8 Å². The Morgan fingerprint density at radius 2 is 1.50 bits per heavy atom. The van der Waals surface area contributed by atoms with E-state index < -0.39 is 7.60 Å². The fourth-order valence-electron chi connectivity index (χ4n) is 4.93. The van der Waals surface area contributed by atoms with E-state index in [4.69, 9.17) is 13.8 Å². The quantitative estimate of drug-likeness (QED) is 0.332. The second kappa shape index (κ2) is 10.1. The van der Waals surface area contributed by atoms with E-state index >= 15 is 0 Å². The lowest BCUT2D eigenvalue weighted by Crippen LogP contribution is -2.17. The Morgan fingerprint density at radius 1 is 0.938 bits per heavy atom. The zero-order chi connectivity index (χ0) is 23.5. The van der Waals surface area contributed by atoms with E-state index in [1.807, 2.05) is 6.08 Å². The second-order valence-corrected chi connectivity index (χ2v) is 11.9. The summed E-state index contributed by atoms with van der Waals surface area (Å²) in [6.07, 6.45) is 11.1. The van der Waals surface area contributed by atoms with Crippen molar-refractivity contribution in [1.29, 1.82) is 0 Å². The maximum absolute atomic E-state index is 13.3. The predicted octanol–water partition coefficient (Wildman–Crippen LogP) is 6.77. The summed E-state index contributed by atoms with van der Waals surface area (Å²) >= 11 is 0. The minimum Gasteiger partial charge on any atom is -0.496 e. The first kappa shape index (κ1) is 25.0. The number of fused-ring (bicyclic) bond motifs is 1. The van der Waals surface area contributed by atoms with Crippen LogP contribution in [-0.2, 0) is 36.7 Å². The third kappa shape index (κ3) is 4.95. The van der Waals surface area contributed by atoms with Crippen LogP contribution < -0.4 is 4.74 Å². The summed E-state index contributed by atoms with van der Waals surface area (Å²) in [5.41, 5.74) is 5.50. The van der Waals surface area contributed by atoms with Gasteiger partial charge in [-0.2, -0.15) is 0 Å². The van der Waals surface area contributed by atoms with E-state index in [1.165, 1.54) is 25.3 Å². The first-order chi connectivity index (χ1) is 15.2. The summed E-state index contributed by atoms with van der Waals surface area (Å²) in [6, 6.07) is 2.15. The molecule has 6 heteroatoms.